The number of likely N-dealkylation sites (tertiary alicyclic amines) is 2. The summed E-state index contributed by atoms with van der Waals surface area (Å²) in [6, 6.07) is 0.588. The molecule has 1 aliphatic carbocycles. The van der Waals surface area contributed by atoms with Gasteiger partial charge in [-0.15, -0.1) is 0 Å². The SMILES string of the molecule is O=C1CCC(N2CCC(CN3CCCC3)CC2)C1. The van der Waals surface area contributed by atoms with Crippen molar-refractivity contribution in [3.05, 3.63) is 0 Å². The molecule has 0 aromatic carbocycles. The number of rotatable bonds is 3. The van der Waals surface area contributed by atoms with Gasteiger partial charge in [0, 0.05) is 25.4 Å². The van der Waals surface area contributed by atoms with E-state index in [1.54, 1.807) is 0 Å². The summed E-state index contributed by atoms with van der Waals surface area (Å²) >= 11 is 0. The molecule has 0 bridgehead atoms. The van der Waals surface area contributed by atoms with E-state index < -0.39 is 0 Å². The summed E-state index contributed by atoms with van der Waals surface area (Å²) in [4.78, 5) is 16.6. The van der Waals surface area contributed by atoms with Gasteiger partial charge in [0.2, 0.25) is 0 Å². The average Bonchev–Trinajstić information content (AvgIpc) is 3.02. The van der Waals surface area contributed by atoms with E-state index in [2.05, 4.69) is 9.80 Å². The molecule has 102 valence electrons. The van der Waals surface area contributed by atoms with E-state index in [1.807, 2.05) is 0 Å². The summed E-state index contributed by atoms with van der Waals surface area (Å²) in [6.45, 7) is 6.46. The fourth-order valence-electron chi connectivity index (χ4n) is 3.94. The second-order valence-corrected chi connectivity index (χ2v) is 6.42. The van der Waals surface area contributed by atoms with Crippen molar-refractivity contribution in [1.29, 1.82) is 0 Å². The van der Waals surface area contributed by atoms with Gasteiger partial charge in [0.15, 0.2) is 0 Å². The largest absolute Gasteiger partial charge is 0.303 e. The maximum atomic E-state index is 11.4. The predicted molar refractivity (Wildman–Crippen MR) is 72.6 cm³/mol. The lowest BCUT2D eigenvalue weighted by molar-refractivity contribution is -0.117. The molecule has 0 aromatic rings. The third-order valence-corrected chi connectivity index (χ3v) is 5.10. The molecule has 0 spiro atoms. The second kappa shape index (κ2) is 5.70. The van der Waals surface area contributed by atoms with Crippen LogP contribution >= 0.6 is 0 Å². The highest BCUT2D eigenvalue weighted by molar-refractivity contribution is 5.81. The molecule has 0 amide bonds. The van der Waals surface area contributed by atoms with Crippen LogP contribution in [0.3, 0.4) is 0 Å². The zero-order valence-electron chi connectivity index (χ0n) is 11.4. The number of carbonyl (C=O) groups is 1. The van der Waals surface area contributed by atoms with E-state index >= 15 is 0 Å². The first-order chi connectivity index (χ1) is 8.81. The molecule has 2 saturated heterocycles. The number of hydrogen-bond donors (Lipinski definition) is 0. The molecule has 3 fully saturated rings. The van der Waals surface area contributed by atoms with Crippen LogP contribution in [0.4, 0.5) is 0 Å². The number of hydrogen-bond acceptors (Lipinski definition) is 3. The normalized spacial score (nSPS) is 32.4. The molecule has 1 unspecified atom stereocenters. The summed E-state index contributed by atoms with van der Waals surface area (Å²) in [6.07, 6.45) is 8.29. The minimum atomic E-state index is 0.485. The Bertz CT molecular complexity index is 291. The van der Waals surface area contributed by atoms with E-state index in [0.717, 1.165) is 25.2 Å². The third-order valence-electron chi connectivity index (χ3n) is 5.10. The molecule has 2 aliphatic heterocycles. The second-order valence-electron chi connectivity index (χ2n) is 6.42. The van der Waals surface area contributed by atoms with E-state index in [1.165, 1.54) is 58.4 Å². The Balaban J connectivity index is 1.41. The Kier molecular flexibility index (Phi) is 4.00. The van der Waals surface area contributed by atoms with Gasteiger partial charge in [-0.25, -0.2) is 0 Å². The molecule has 0 aromatic heterocycles. The summed E-state index contributed by atoms with van der Waals surface area (Å²) in [5, 5.41) is 0. The first-order valence-electron chi connectivity index (χ1n) is 7.79. The van der Waals surface area contributed by atoms with E-state index in [9.17, 15) is 4.79 Å². The Labute approximate surface area is 111 Å². The van der Waals surface area contributed by atoms with Crippen molar-refractivity contribution in [3.8, 4) is 0 Å². The molecule has 0 N–H and O–H groups in total. The molecule has 3 rings (SSSR count). The predicted octanol–water partition coefficient (Wildman–Crippen LogP) is 1.92. The van der Waals surface area contributed by atoms with Gasteiger partial charge < -0.3 is 4.90 Å². The van der Waals surface area contributed by atoms with Crippen LogP contribution in [-0.4, -0.2) is 54.3 Å². The minimum Gasteiger partial charge on any atom is -0.303 e. The number of Topliss-reactive ketones (excluding diaryl/α,β-unsaturated/α-hetero) is 1. The zero-order valence-corrected chi connectivity index (χ0v) is 11.4. The highest BCUT2D eigenvalue weighted by atomic mass is 16.1. The van der Waals surface area contributed by atoms with Crippen LogP contribution in [-0.2, 0) is 4.79 Å². The maximum Gasteiger partial charge on any atom is 0.134 e. The smallest absolute Gasteiger partial charge is 0.134 e. The monoisotopic (exact) mass is 250 g/mol. The maximum absolute atomic E-state index is 11.4. The van der Waals surface area contributed by atoms with Crippen LogP contribution in [0.2, 0.25) is 0 Å². The summed E-state index contributed by atoms with van der Waals surface area (Å²) in [5.74, 6) is 1.40. The number of carbonyl (C=O) groups excluding carboxylic acids is 1. The van der Waals surface area contributed by atoms with Crippen LogP contribution in [0.1, 0.15) is 44.9 Å². The summed E-state index contributed by atoms with van der Waals surface area (Å²) in [5.41, 5.74) is 0. The molecule has 3 nitrogen and oxygen atoms in total. The third kappa shape index (κ3) is 2.94. The van der Waals surface area contributed by atoms with Gasteiger partial charge in [0.25, 0.3) is 0 Å². The van der Waals surface area contributed by atoms with Gasteiger partial charge in [0.1, 0.15) is 5.78 Å². The van der Waals surface area contributed by atoms with Gasteiger partial charge in [-0.1, -0.05) is 0 Å². The highest BCUT2D eigenvalue weighted by Crippen LogP contribution is 2.27. The Hall–Kier alpha value is -0.410. The fraction of sp³-hybridized carbons (Fsp3) is 0.933. The molecule has 3 heteroatoms. The van der Waals surface area contributed by atoms with Crippen LogP contribution in [0.5, 0.6) is 0 Å². The quantitative estimate of drug-likeness (QED) is 0.764. The molecule has 0 radical (unpaired) electrons. The molecule has 3 aliphatic rings. The number of nitrogens with zero attached hydrogens (tertiary/aromatic N) is 2. The summed E-state index contributed by atoms with van der Waals surface area (Å²) < 4.78 is 0. The summed E-state index contributed by atoms with van der Waals surface area (Å²) in [7, 11) is 0. The average molecular weight is 250 g/mol. The lowest BCUT2D eigenvalue weighted by Gasteiger charge is -2.37. The number of piperidine rings is 1. The van der Waals surface area contributed by atoms with Crippen LogP contribution in [0.25, 0.3) is 0 Å². The Morgan fingerprint density at radius 2 is 1.72 bits per heavy atom. The van der Waals surface area contributed by atoms with Gasteiger partial charge in [-0.05, 0) is 64.2 Å². The molecular weight excluding hydrogens is 224 g/mol. The van der Waals surface area contributed by atoms with Crippen molar-refractivity contribution in [1.82, 2.24) is 9.80 Å². The number of ketones is 1. The van der Waals surface area contributed by atoms with E-state index in [4.69, 9.17) is 0 Å². The standard InChI is InChI=1S/C15H26N2O/c18-15-4-3-14(11-15)17-9-5-13(6-10-17)12-16-7-1-2-8-16/h13-14H,1-12H2. The lowest BCUT2D eigenvalue weighted by Crippen LogP contribution is -2.42. The highest BCUT2D eigenvalue weighted by Gasteiger charge is 2.31. The van der Waals surface area contributed by atoms with Crippen LogP contribution in [0.15, 0.2) is 0 Å². The lowest BCUT2D eigenvalue weighted by atomic mass is 9.95. The Morgan fingerprint density at radius 3 is 2.33 bits per heavy atom. The molecule has 18 heavy (non-hydrogen) atoms. The van der Waals surface area contributed by atoms with Crippen LogP contribution in [0, 0.1) is 5.92 Å². The van der Waals surface area contributed by atoms with Gasteiger partial charge in [-0.2, -0.15) is 0 Å². The topological polar surface area (TPSA) is 23.6 Å². The van der Waals surface area contributed by atoms with Crippen molar-refractivity contribution in [2.75, 3.05) is 32.7 Å². The first-order valence-corrected chi connectivity index (χ1v) is 7.79. The van der Waals surface area contributed by atoms with E-state index in [-0.39, 0.29) is 0 Å². The molecular formula is C15H26N2O. The van der Waals surface area contributed by atoms with Gasteiger partial charge >= 0.3 is 0 Å². The molecule has 1 atom stereocenters. The van der Waals surface area contributed by atoms with Crippen molar-refractivity contribution >= 4 is 5.78 Å². The fourth-order valence-corrected chi connectivity index (χ4v) is 3.94. The van der Waals surface area contributed by atoms with Crippen molar-refractivity contribution in [3.63, 3.8) is 0 Å². The molecule has 1 saturated carbocycles. The van der Waals surface area contributed by atoms with Crippen molar-refractivity contribution in [2.24, 2.45) is 5.92 Å². The Morgan fingerprint density at radius 1 is 1.00 bits per heavy atom. The van der Waals surface area contributed by atoms with Crippen LogP contribution < -0.4 is 0 Å². The van der Waals surface area contributed by atoms with Gasteiger partial charge in [0.05, 0.1) is 0 Å². The zero-order chi connectivity index (χ0) is 12.4. The van der Waals surface area contributed by atoms with E-state index in [0.29, 0.717) is 11.8 Å². The first kappa shape index (κ1) is 12.6. The van der Waals surface area contributed by atoms with Crippen molar-refractivity contribution in [2.45, 2.75) is 51.0 Å². The van der Waals surface area contributed by atoms with Crippen molar-refractivity contribution < 1.29 is 4.79 Å². The molecule has 2 heterocycles. The van der Waals surface area contributed by atoms with Gasteiger partial charge in [-0.3, -0.25) is 9.69 Å². The minimum absolute atomic E-state index is 0.485.